The number of hydrogen-bond donors (Lipinski definition) is 0. The van der Waals surface area contributed by atoms with Crippen molar-refractivity contribution in [2.75, 3.05) is 32.8 Å². The molecule has 0 radical (unpaired) electrons. The standard InChI is InChI=1S/C26H28N2O3/c29-25(15-7-20-31-22-11-2-1-3-12-22)27-16-8-17-28(19-18-27)26(30)24-14-6-10-21-9-4-5-13-23(21)24/h1-6,9-14H,7-8,15-20H2. The summed E-state index contributed by atoms with van der Waals surface area (Å²) in [6.45, 7) is 3.03. The minimum Gasteiger partial charge on any atom is -0.494 e. The van der Waals surface area contributed by atoms with Gasteiger partial charge < -0.3 is 14.5 Å². The second kappa shape index (κ2) is 10.1. The van der Waals surface area contributed by atoms with Crippen molar-refractivity contribution in [2.45, 2.75) is 19.3 Å². The molecule has 0 aromatic heterocycles. The Balaban J connectivity index is 1.29. The Morgan fingerprint density at radius 2 is 1.48 bits per heavy atom. The van der Waals surface area contributed by atoms with Crippen molar-refractivity contribution in [3.05, 3.63) is 78.4 Å². The van der Waals surface area contributed by atoms with Crippen molar-refractivity contribution in [3.63, 3.8) is 0 Å². The third-order valence-electron chi connectivity index (χ3n) is 5.70. The lowest BCUT2D eigenvalue weighted by molar-refractivity contribution is -0.131. The van der Waals surface area contributed by atoms with Gasteiger partial charge in [-0.1, -0.05) is 54.6 Å². The summed E-state index contributed by atoms with van der Waals surface area (Å²) in [6.07, 6.45) is 1.94. The largest absolute Gasteiger partial charge is 0.494 e. The van der Waals surface area contributed by atoms with Crippen LogP contribution in [0.5, 0.6) is 5.75 Å². The van der Waals surface area contributed by atoms with Crippen LogP contribution < -0.4 is 4.74 Å². The van der Waals surface area contributed by atoms with E-state index in [1.807, 2.05) is 82.6 Å². The van der Waals surface area contributed by atoms with E-state index < -0.39 is 0 Å². The lowest BCUT2D eigenvalue weighted by atomic mass is 10.0. The molecule has 0 bridgehead atoms. The van der Waals surface area contributed by atoms with Crippen LogP contribution >= 0.6 is 0 Å². The smallest absolute Gasteiger partial charge is 0.254 e. The second-order valence-electron chi connectivity index (χ2n) is 7.82. The van der Waals surface area contributed by atoms with Crippen LogP contribution in [-0.4, -0.2) is 54.4 Å². The molecule has 0 saturated carbocycles. The molecular weight excluding hydrogens is 388 g/mol. The number of carbonyl (C=O) groups excluding carboxylic acids is 2. The predicted octanol–water partition coefficient (Wildman–Crippen LogP) is 4.37. The van der Waals surface area contributed by atoms with E-state index in [0.29, 0.717) is 45.6 Å². The van der Waals surface area contributed by atoms with Crippen LogP contribution in [0, 0.1) is 0 Å². The Morgan fingerprint density at radius 3 is 2.35 bits per heavy atom. The monoisotopic (exact) mass is 416 g/mol. The number of ether oxygens (including phenoxy) is 1. The fourth-order valence-electron chi connectivity index (χ4n) is 4.04. The summed E-state index contributed by atoms with van der Waals surface area (Å²) < 4.78 is 5.68. The van der Waals surface area contributed by atoms with Crippen molar-refractivity contribution >= 4 is 22.6 Å². The van der Waals surface area contributed by atoms with Gasteiger partial charge in [0.15, 0.2) is 0 Å². The molecule has 4 rings (SSSR count). The zero-order chi connectivity index (χ0) is 21.5. The van der Waals surface area contributed by atoms with Gasteiger partial charge in [-0.25, -0.2) is 0 Å². The van der Waals surface area contributed by atoms with Gasteiger partial charge in [0.2, 0.25) is 5.91 Å². The normalized spacial score (nSPS) is 14.3. The van der Waals surface area contributed by atoms with Gasteiger partial charge in [0.1, 0.15) is 5.75 Å². The fourth-order valence-corrected chi connectivity index (χ4v) is 4.04. The molecule has 0 unspecified atom stereocenters. The molecule has 2 amide bonds. The summed E-state index contributed by atoms with van der Waals surface area (Å²) in [4.78, 5) is 29.6. The molecule has 0 aliphatic carbocycles. The molecule has 5 heteroatoms. The van der Waals surface area contributed by atoms with E-state index in [-0.39, 0.29) is 11.8 Å². The lowest BCUT2D eigenvalue weighted by Crippen LogP contribution is -2.37. The van der Waals surface area contributed by atoms with Gasteiger partial charge in [0.25, 0.3) is 5.91 Å². The van der Waals surface area contributed by atoms with Crippen molar-refractivity contribution in [2.24, 2.45) is 0 Å². The number of hydrogen-bond acceptors (Lipinski definition) is 3. The molecule has 1 aliphatic rings. The van der Waals surface area contributed by atoms with E-state index in [4.69, 9.17) is 4.74 Å². The van der Waals surface area contributed by atoms with Crippen LogP contribution in [0.4, 0.5) is 0 Å². The van der Waals surface area contributed by atoms with Crippen LogP contribution in [0.3, 0.4) is 0 Å². The van der Waals surface area contributed by atoms with Crippen molar-refractivity contribution in [1.82, 2.24) is 9.80 Å². The first-order valence-electron chi connectivity index (χ1n) is 10.9. The molecule has 3 aromatic carbocycles. The fraction of sp³-hybridized carbons (Fsp3) is 0.308. The zero-order valence-corrected chi connectivity index (χ0v) is 17.7. The molecule has 160 valence electrons. The summed E-state index contributed by atoms with van der Waals surface area (Å²) in [7, 11) is 0. The van der Waals surface area contributed by atoms with Crippen molar-refractivity contribution in [3.8, 4) is 5.75 Å². The van der Waals surface area contributed by atoms with Gasteiger partial charge in [-0.05, 0) is 41.8 Å². The van der Waals surface area contributed by atoms with Gasteiger partial charge in [0, 0.05) is 38.2 Å². The molecular formula is C26H28N2O3. The van der Waals surface area contributed by atoms with Crippen molar-refractivity contribution < 1.29 is 14.3 Å². The number of para-hydroxylation sites is 1. The predicted molar refractivity (Wildman–Crippen MR) is 122 cm³/mol. The highest BCUT2D eigenvalue weighted by atomic mass is 16.5. The molecule has 0 atom stereocenters. The summed E-state index contributed by atoms with van der Waals surface area (Å²) in [5.41, 5.74) is 0.732. The van der Waals surface area contributed by atoms with Crippen LogP contribution in [-0.2, 0) is 4.79 Å². The summed E-state index contributed by atoms with van der Waals surface area (Å²) in [6, 6.07) is 23.5. The summed E-state index contributed by atoms with van der Waals surface area (Å²) in [5, 5.41) is 2.04. The molecule has 5 nitrogen and oxygen atoms in total. The molecule has 1 heterocycles. The highest BCUT2D eigenvalue weighted by Crippen LogP contribution is 2.21. The summed E-state index contributed by atoms with van der Waals surface area (Å²) in [5.74, 6) is 1.01. The topological polar surface area (TPSA) is 49.9 Å². The number of fused-ring (bicyclic) bond motifs is 1. The van der Waals surface area contributed by atoms with Gasteiger partial charge in [-0.3, -0.25) is 9.59 Å². The highest BCUT2D eigenvalue weighted by molar-refractivity contribution is 6.07. The van der Waals surface area contributed by atoms with Crippen molar-refractivity contribution in [1.29, 1.82) is 0 Å². The molecule has 3 aromatic rings. The van der Waals surface area contributed by atoms with E-state index in [1.54, 1.807) is 0 Å². The van der Waals surface area contributed by atoms with E-state index >= 15 is 0 Å². The number of nitrogens with zero attached hydrogens (tertiary/aromatic N) is 2. The molecule has 31 heavy (non-hydrogen) atoms. The number of amides is 2. The Bertz CT molecular complexity index is 1030. The minimum atomic E-state index is 0.0439. The Morgan fingerprint density at radius 1 is 0.774 bits per heavy atom. The van der Waals surface area contributed by atoms with Gasteiger partial charge in [-0.2, -0.15) is 0 Å². The van der Waals surface area contributed by atoms with Crippen LogP contribution in [0.25, 0.3) is 10.8 Å². The van der Waals surface area contributed by atoms with E-state index in [9.17, 15) is 9.59 Å². The Hall–Kier alpha value is -3.34. The van der Waals surface area contributed by atoms with Gasteiger partial charge >= 0.3 is 0 Å². The lowest BCUT2D eigenvalue weighted by Gasteiger charge is -2.23. The maximum atomic E-state index is 13.2. The second-order valence-corrected chi connectivity index (χ2v) is 7.82. The van der Waals surface area contributed by atoms with Gasteiger partial charge in [-0.15, -0.1) is 0 Å². The molecule has 1 fully saturated rings. The summed E-state index contributed by atoms with van der Waals surface area (Å²) >= 11 is 0. The third kappa shape index (κ3) is 5.23. The Labute approximate surface area is 183 Å². The molecule has 0 spiro atoms. The number of benzene rings is 3. The first-order chi connectivity index (χ1) is 15.2. The van der Waals surface area contributed by atoms with Gasteiger partial charge in [0.05, 0.1) is 6.61 Å². The third-order valence-corrected chi connectivity index (χ3v) is 5.70. The minimum absolute atomic E-state index is 0.0439. The first-order valence-corrected chi connectivity index (χ1v) is 10.9. The maximum Gasteiger partial charge on any atom is 0.254 e. The quantitative estimate of drug-likeness (QED) is 0.561. The van der Waals surface area contributed by atoms with E-state index in [0.717, 1.165) is 28.5 Å². The molecule has 1 aliphatic heterocycles. The highest BCUT2D eigenvalue weighted by Gasteiger charge is 2.23. The Kier molecular flexibility index (Phi) is 6.82. The zero-order valence-electron chi connectivity index (χ0n) is 17.7. The first kappa shape index (κ1) is 20.9. The number of rotatable bonds is 6. The SMILES string of the molecule is O=C(CCCOc1ccccc1)N1CCCN(C(=O)c2cccc3ccccc23)CC1. The maximum absolute atomic E-state index is 13.2. The number of carbonyl (C=O) groups is 2. The van der Waals surface area contributed by atoms with E-state index in [1.165, 1.54) is 0 Å². The average molecular weight is 417 g/mol. The van der Waals surface area contributed by atoms with Crippen LogP contribution in [0.15, 0.2) is 72.8 Å². The van der Waals surface area contributed by atoms with E-state index in [2.05, 4.69) is 0 Å². The molecule has 1 saturated heterocycles. The van der Waals surface area contributed by atoms with Crippen LogP contribution in [0.2, 0.25) is 0 Å². The van der Waals surface area contributed by atoms with Crippen LogP contribution in [0.1, 0.15) is 29.6 Å². The molecule has 0 N–H and O–H groups in total. The average Bonchev–Trinajstić information content (AvgIpc) is 3.08.